The topological polar surface area (TPSA) is 93.9 Å². The Morgan fingerprint density at radius 2 is 1.66 bits per heavy atom. The van der Waals surface area contributed by atoms with Crippen LogP contribution in [-0.2, 0) is 4.79 Å². The molecule has 1 aliphatic rings. The van der Waals surface area contributed by atoms with Crippen LogP contribution in [0.25, 0.3) is 6.08 Å². The summed E-state index contributed by atoms with van der Waals surface area (Å²) in [5, 5.41) is 14.6. The highest BCUT2D eigenvalue weighted by molar-refractivity contribution is 7.80. The first-order valence-electron chi connectivity index (χ1n) is 8.61. The van der Waals surface area contributed by atoms with E-state index in [1.807, 2.05) is 32.0 Å². The lowest BCUT2D eigenvalue weighted by Crippen LogP contribution is -2.30. The van der Waals surface area contributed by atoms with Gasteiger partial charge in [0.25, 0.3) is 11.6 Å². The van der Waals surface area contributed by atoms with Crippen LogP contribution < -0.4 is 19.7 Å². The molecule has 1 heterocycles. The first-order valence-corrected chi connectivity index (χ1v) is 9.01. The highest BCUT2D eigenvalue weighted by Gasteiger charge is 2.33. The number of carbonyl (C=O) groups is 1. The van der Waals surface area contributed by atoms with Gasteiger partial charge in [-0.1, -0.05) is 6.07 Å². The van der Waals surface area contributed by atoms with Crippen LogP contribution in [0.15, 0.2) is 36.0 Å². The zero-order valence-corrected chi connectivity index (χ0v) is 17.1. The molecule has 1 saturated heterocycles. The molecule has 0 spiro atoms. The molecule has 0 atom stereocenters. The lowest BCUT2D eigenvalue weighted by molar-refractivity contribution is -0.385. The highest BCUT2D eigenvalue weighted by atomic mass is 32.1. The fourth-order valence-corrected chi connectivity index (χ4v) is 3.46. The average molecular weight is 413 g/mol. The lowest BCUT2D eigenvalue weighted by Gasteiger charge is -2.15. The van der Waals surface area contributed by atoms with Gasteiger partial charge in [0, 0.05) is 0 Å². The fourth-order valence-electron chi connectivity index (χ4n) is 3.16. The Bertz CT molecular complexity index is 1040. The smallest absolute Gasteiger partial charge is 0.281 e. The first-order chi connectivity index (χ1) is 13.7. The van der Waals surface area contributed by atoms with Gasteiger partial charge in [0.1, 0.15) is 5.70 Å². The van der Waals surface area contributed by atoms with Crippen LogP contribution in [0.2, 0.25) is 0 Å². The normalized spacial score (nSPS) is 14.9. The summed E-state index contributed by atoms with van der Waals surface area (Å²) in [5.41, 5.74) is 2.71. The number of hydrogen-bond donors (Lipinski definition) is 1. The number of methoxy groups -OCH3 is 2. The molecular weight excluding hydrogens is 394 g/mol. The van der Waals surface area contributed by atoms with Crippen molar-refractivity contribution in [2.24, 2.45) is 0 Å². The molecule has 0 aliphatic carbocycles. The monoisotopic (exact) mass is 413 g/mol. The van der Waals surface area contributed by atoms with Crippen molar-refractivity contribution in [3.8, 4) is 11.5 Å². The summed E-state index contributed by atoms with van der Waals surface area (Å²) in [6.07, 6.45) is 1.39. The van der Waals surface area contributed by atoms with E-state index < -0.39 is 10.8 Å². The van der Waals surface area contributed by atoms with Crippen LogP contribution in [0.4, 0.5) is 11.4 Å². The van der Waals surface area contributed by atoms with Crippen molar-refractivity contribution in [3.63, 3.8) is 0 Å². The molecule has 0 bridgehead atoms. The summed E-state index contributed by atoms with van der Waals surface area (Å²) in [6.45, 7) is 3.86. The largest absolute Gasteiger partial charge is 0.493 e. The van der Waals surface area contributed by atoms with Crippen LogP contribution >= 0.6 is 12.2 Å². The minimum atomic E-state index is -0.548. The van der Waals surface area contributed by atoms with Crippen molar-refractivity contribution in [3.05, 3.63) is 62.8 Å². The molecule has 3 rings (SSSR count). The van der Waals surface area contributed by atoms with Gasteiger partial charge in [-0.05, 0) is 61.5 Å². The van der Waals surface area contributed by atoms with E-state index in [0.29, 0.717) is 11.4 Å². The third-order valence-electron chi connectivity index (χ3n) is 4.37. The minimum absolute atomic E-state index is 0.129. The Morgan fingerprint density at radius 1 is 1.07 bits per heavy atom. The van der Waals surface area contributed by atoms with Crippen LogP contribution in [0, 0.1) is 24.0 Å². The van der Waals surface area contributed by atoms with Crippen molar-refractivity contribution in [2.75, 3.05) is 19.1 Å². The molecule has 0 saturated carbocycles. The summed E-state index contributed by atoms with van der Waals surface area (Å²) in [5.74, 6) is 0.132. The van der Waals surface area contributed by atoms with E-state index in [2.05, 4.69) is 5.32 Å². The molecule has 1 N–H and O–H groups in total. The van der Waals surface area contributed by atoms with E-state index in [9.17, 15) is 14.9 Å². The van der Waals surface area contributed by atoms with Gasteiger partial charge in [-0.25, -0.2) is 0 Å². The Kier molecular flexibility index (Phi) is 5.51. The van der Waals surface area contributed by atoms with E-state index in [1.165, 1.54) is 37.3 Å². The maximum absolute atomic E-state index is 13.0. The number of amides is 1. The number of nitro groups is 1. The van der Waals surface area contributed by atoms with Gasteiger partial charge in [-0.3, -0.25) is 19.8 Å². The molecule has 0 radical (unpaired) electrons. The van der Waals surface area contributed by atoms with Crippen molar-refractivity contribution in [1.82, 2.24) is 5.32 Å². The molecule has 0 aromatic heterocycles. The Morgan fingerprint density at radius 3 is 2.21 bits per heavy atom. The second kappa shape index (κ2) is 7.88. The first kappa shape index (κ1) is 20.3. The average Bonchev–Trinajstić information content (AvgIpc) is 2.93. The van der Waals surface area contributed by atoms with Gasteiger partial charge in [0.2, 0.25) is 0 Å². The van der Waals surface area contributed by atoms with Gasteiger partial charge in [0.15, 0.2) is 16.6 Å². The molecule has 9 heteroatoms. The molecule has 1 fully saturated rings. The number of thiocarbonyl (C=S) groups is 1. The number of aryl methyl sites for hydroxylation is 2. The number of nitrogens with zero attached hydrogens (tertiary/aromatic N) is 2. The van der Waals surface area contributed by atoms with Crippen molar-refractivity contribution < 1.29 is 19.2 Å². The molecule has 8 nitrogen and oxygen atoms in total. The van der Waals surface area contributed by atoms with Gasteiger partial charge >= 0.3 is 0 Å². The van der Waals surface area contributed by atoms with Gasteiger partial charge in [-0.15, -0.1) is 0 Å². The Hall–Kier alpha value is -3.46. The van der Waals surface area contributed by atoms with Crippen molar-refractivity contribution in [1.29, 1.82) is 0 Å². The zero-order valence-electron chi connectivity index (χ0n) is 16.3. The summed E-state index contributed by atoms with van der Waals surface area (Å²) in [6, 6.07) is 8.39. The maximum atomic E-state index is 13.0. The Balaban J connectivity index is 2.07. The van der Waals surface area contributed by atoms with Crippen LogP contribution in [0.5, 0.6) is 11.5 Å². The predicted molar refractivity (Wildman–Crippen MR) is 113 cm³/mol. The summed E-state index contributed by atoms with van der Waals surface area (Å²) >= 11 is 5.33. The van der Waals surface area contributed by atoms with E-state index in [-0.39, 0.29) is 27.8 Å². The number of ether oxygens (including phenoxy) is 2. The molecule has 0 unspecified atom stereocenters. The quantitative estimate of drug-likeness (QED) is 0.347. The molecule has 150 valence electrons. The zero-order chi connectivity index (χ0) is 21.3. The van der Waals surface area contributed by atoms with Gasteiger partial charge < -0.3 is 14.8 Å². The molecule has 2 aromatic rings. The standard InChI is InChI=1S/C20H19N3O5S/c1-11-5-12(2)7-14(6-11)22-19(24)15(21-20(22)29)8-13-9-17(27-3)18(28-4)10-16(13)23(25)26/h5-10H,1-4H3,(H,21,29)/b15-8-. The molecule has 2 aromatic carbocycles. The number of rotatable bonds is 5. The number of nitro benzene ring substituents is 1. The summed E-state index contributed by atoms with van der Waals surface area (Å²) in [7, 11) is 2.82. The van der Waals surface area contributed by atoms with E-state index in [4.69, 9.17) is 21.7 Å². The van der Waals surface area contributed by atoms with Crippen molar-refractivity contribution >= 4 is 40.7 Å². The van der Waals surface area contributed by atoms with Crippen LogP contribution in [-0.4, -0.2) is 30.2 Å². The summed E-state index contributed by atoms with van der Waals surface area (Å²) < 4.78 is 10.3. The number of nitrogens with one attached hydrogen (secondary N) is 1. The predicted octanol–water partition coefficient (Wildman–Crippen LogP) is 3.49. The molecular formula is C20H19N3O5S. The van der Waals surface area contributed by atoms with Crippen LogP contribution in [0.1, 0.15) is 16.7 Å². The number of anilines is 1. The Labute approximate surface area is 172 Å². The maximum Gasteiger partial charge on any atom is 0.281 e. The van der Waals surface area contributed by atoms with E-state index in [1.54, 1.807) is 0 Å². The second-order valence-corrected chi connectivity index (χ2v) is 6.88. The van der Waals surface area contributed by atoms with E-state index in [0.717, 1.165) is 11.1 Å². The van der Waals surface area contributed by atoms with Crippen molar-refractivity contribution in [2.45, 2.75) is 13.8 Å². The van der Waals surface area contributed by atoms with Gasteiger partial charge in [-0.2, -0.15) is 0 Å². The second-order valence-electron chi connectivity index (χ2n) is 6.50. The number of carbonyl (C=O) groups excluding carboxylic acids is 1. The molecule has 1 aliphatic heterocycles. The van der Waals surface area contributed by atoms with Crippen LogP contribution in [0.3, 0.4) is 0 Å². The number of hydrogen-bond acceptors (Lipinski definition) is 6. The third-order valence-corrected chi connectivity index (χ3v) is 4.66. The minimum Gasteiger partial charge on any atom is -0.493 e. The fraction of sp³-hybridized carbons (Fsp3) is 0.200. The highest BCUT2D eigenvalue weighted by Crippen LogP contribution is 2.36. The SMILES string of the molecule is COc1cc(/C=C2\NC(=S)N(c3cc(C)cc(C)c3)C2=O)c([N+](=O)[O-])cc1OC. The number of benzene rings is 2. The summed E-state index contributed by atoms with van der Waals surface area (Å²) in [4.78, 5) is 25.3. The van der Waals surface area contributed by atoms with Gasteiger partial charge in [0.05, 0.1) is 36.5 Å². The molecule has 29 heavy (non-hydrogen) atoms. The third kappa shape index (κ3) is 3.90. The molecule has 1 amide bonds. The lowest BCUT2D eigenvalue weighted by atomic mass is 10.1. The van der Waals surface area contributed by atoms with E-state index >= 15 is 0 Å².